The van der Waals surface area contributed by atoms with Crippen LogP contribution < -0.4 is 10.9 Å². The molecule has 1 aliphatic heterocycles. The van der Waals surface area contributed by atoms with Gasteiger partial charge in [-0.3, -0.25) is 4.79 Å². The number of allylic oxidation sites excluding steroid dienone is 3. The van der Waals surface area contributed by atoms with Crippen molar-refractivity contribution in [1.29, 1.82) is 0 Å². The van der Waals surface area contributed by atoms with E-state index in [0.29, 0.717) is 11.3 Å². The van der Waals surface area contributed by atoms with Gasteiger partial charge in [0.1, 0.15) is 11.6 Å². The second kappa shape index (κ2) is 5.15. The van der Waals surface area contributed by atoms with Crippen molar-refractivity contribution in [1.82, 2.24) is 0 Å². The number of primary amides is 1. The summed E-state index contributed by atoms with van der Waals surface area (Å²) in [5.74, 6) is -0.498. The standard InChI is InChI=1S/C16H17N3O2Si/c1-22(2,21)13-8-6-12(7-9-13)19-10-11-4-3-5-14(16(17)20)15(11)18-19/h3-11,21H,1-2H3,(H-,17,20)/p+1. The predicted molar refractivity (Wildman–Crippen MR) is 89.1 cm³/mol. The number of carbonyl (C=O) groups excluding carboxylic acids is 1. The fourth-order valence-corrected chi connectivity index (χ4v) is 3.53. The number of rotatable bonds is 3. The van der Waals surface area contributed by atoms with Gasteiger partial charge in [0.15, 0.2) is 6.21 Å². The van der Waals surface area contributed by atoms with E-state index in [2.05, 4.69) is 5.10 Å². The molecule has 0 bridgehead atoms. The molecule has 112 valence electrons. The van der Waals surface area contributed by atoms with Crippen LogP contribution in [0.5, 0.6) is 0 Å². The molecule has 0 aromatic heterocycles. The molecule has 1 aromatic rings. The van der Waals surface area contributed by atoms with Crippen LogP contribution in [0.2, 0.25) is 13.1 Å². The lowest BCUT2D eigenvalue weighted by Crippen LogP contribution is -2.41. The maximum atomic E-state index is 11.5. The summed E-state index contributed by atoms with van der Waals surface area (Å²) >= 11 is 0. The number of amides is 1. The fraction of sp³-hybridized carbons (Fsp3) is 0.188. The van der Waals surface area contributed by atoms with Crippen molar-refractivity contribution in [2.75, 3.05) is 0 Å². The van der Waals surface area contributed by atoms with E-state index in [4.69, 9.17) is 5.73 Å². The van der Waals surface area contributed by atoms with Gasteiger partial charge < -0.3 is 10.5 Å². The molecule has 1 aliphatic carbocycles. The van der Waals surface area contributed by atoms with E-state index in [1.54, 1.807) is 10.8 Å². The molecule has 3 N–H and O–H groups in total. The van der Waals surface area contributed by atoms with Crippen LogP contribution in [0, 0.1) is 5.92 Å². The van der Waals surface area contributed by atoms with E-state index < -0.39 is 14.2 Å². The van der Waals surface area contributed by atoms with Crippen LogP contribution in [0.1, 0.15) is 0 Å². The lowest BCUT2D eigenvalue weighted by molar-refractivity contribution is -0.437. The molecule has 1 heterocycles. The lowest BCUT2D eigenvalue weighted by atomic mass is 9.93. The van der Waals surface area contributed by atoms with Crippen molar-refractivity contribution in [2.45, 2.75) is 13.1 Å². The lowest BCUT2D eigenvalue weighted by Gasteiger charge is -2.13. The molecule has 6 heteroatoms. The highest BCUT2D eigenvalue weighted by Crippen LogP contribution is 2.23. The minimum atomic E-state index is -2.30. The van der Waals surface area contributed by atoms with Gasteiger partial charge >= 0.3 is 0 Å². The van der Waals surface area contributed by atoms with Crippen LogP contribution in [0.25, 0.3) is 0 Å². The molecule has 1 atom stereocenters. The van der Waals surface area contributed by atoms with E-state index in [0.717, 1.165) is 10.9 Å². The molecule has 22 heavy (non-hydrogen) atoms. The number of hydrogen-bond acceptors (Lipinski definition) is 3. The summed E-state index contributed by atoms with van der Waals surface area (Å²) in [7, 11) is -2.30. The molecule has 0 fully saturated rings. The first-order valence-corrected chi connectivity index (χ1v) is 10.1. The molecule has 3 rings (SSSR count). The average molecular weight is 312 g/mol. The van der Waals surface area contributed by atoms with E-state index in [9.17, 15) is 9.59 Å². The van der Waals surface area contributed by atoms with Crippen LogP contribution in [-0.4, -0.2) is 35.6 Å². The van der Waals surface area contributed by atoms with Gasteiger partial charge in [-0.25, -0.2) is 0 Å². The molecule has 1 unspecified atom stereocenters. The normalized spacial score (nSPS) is 20.1. The predicted octanol–water partition coefficient (Wildman–Crippen LogP) is 0.773. The third-order valence-electron chi connectivity index (χ3n) is 3.79. The maximum Gasteiger partial charge on any atom is 0.250 e. The summed E-state index contributed by atoms with van der Waals surface area (Å²) < 4.78 is 1.75. The van der Waals surface area contributed by atoms with Crippen LogP contribution in [0.4, 0.5) is 5.69 Å². The van der Waals surface area contributed by atoms with Gasteiger partial charge in [0.2, 0.25) is 14.0 Å². The Balaban J connectivity index is 1.93. The minimum Gasteiger partial charge on any atom is -0.428 e. The third-order valence-corrected chi connectivity index (χ3v) is 5.54. The number of carbonyl (C=O) groups is 1. The summed E-state index contributed by atoms with van der Waals surface area (Å²) in [6.07, 6.45) is 7.44. The number of fused-ring (bicyclic) bond motifs is 1. The second-order valence-corrected chi connectivity index (χ2v) is 9.64. The molecule has 0 radical (unpaired) electrons. The molecular formula is C16H18N3O2Si+. The van der Waals surface area contributed by atoms with Gasteiger partial charge in [-0.15, -0.1) is 0 Å². The minimum absolute atomic E-state index is 0.0316. The van der Waals surface area contributed by atoms with E-state index in [-0.39, 0.29) is 5.92 Å². The summed E-state index contributed by atoms with van der Waals surface area (Å²) in [4.78, 5) is 21.6. The van der Waals surface area contributed by atoms with Gasteiger partial charge in [-0.1, -0.05) is 29.0 Å². The molecular weight excluding hydrogens is 294 g/mol. The molecule has 5 nitrogen and oxygen atoms in total. The maximum absolute atomic E-state index is 11.5. The van der Waals surface area contributed by atoms with Gasteiger partial charge in [0.05, 0.1) is 5.57 Å². The molecule has 1 amide bonds. The monoisotopic (exact) mass is 312 g/mol. The van der Waals surface area contributed by atoms with Crippen molar-refractivity contribution < 1.29 is 14.3 Å². The van der Waals surface area contributed by atoms with Crippen LogP contribution in [0.3, 0.4) is 0 Å². The Hall–Kier alpha value is -2.31. The summed E-state index contributed by atoms with van der Waals surface area (Å²) in [6.45, 7) is 3.76. The van der Waals surface area contributed by atoms with Crippen molar-refractivity contribution in [3.8, 4) is 0 Å². The Kier molecular flexibility index (Phi) is 3.42. The van der Waals surface area contributed by atoms with Gasteiger partial charge in [0.25, 0.3) is 5.91 Å². The molecule has 0 saturated carbocycles. The van der Waals surface area contributed by atoms with Gasteiger partial charge in [-0.2, -0.15) is 0 Å². The number of hydrogen-bond donors (Lipinski definition) is 2. The number of hydrazone groups is 1. The third kappa shape index (κ3) is 2.58. The topological polar surface area (TPSA) is 78.7 Å². The average Bonchev–Trinajstić information content (AvgIpc) is 2.90. The Morgan fingerprint density at radius 2 is 2.00 bits per heavy atom. The van der Waals surface area contributed by atoms with Crippen molar-refractivity contribution >= 4 is 37.0 Å². The smallest absolute Gasteiger partial charge is 0.250 e. The zero-order valence-corrected chi connectivity index (χ0v) is 13.5. The second-order valence-electron chi connectivity index (χ2n) is 5.94. The SMILES string of the molecule is C[Si](C)(O)c1ccc([N+]2=CC3C=CC=C(C(N)=O)C3=N2)cc1. The van der Waals surface area contributed by atoms with Crippen LogP contribution >= 0.6 is 0 Å². The Morgan fingerprint density at radius 1 is 1.32 bits per heavy atom. The highest BCUT2D eigenvalue weighted by atomic mass is 28.4. The summed E-state index contributed by atoms with van der Waals surface area (Å²) in [5, 5.41) is 5.47. The largest absolute Gasteiger partial charge is 0.428 e. The van der Waals surface area contributed by atoms with Crippen LogP contribution in [0.15, 0.2) is 53.2 Å². The molecule has 0 spiro atoms. The Labute approximate surface area is 129 Å². The van der Waals surface area contributed by atoms with Gasteiger partial charge in [0, 0.05) is 17.2 Å². The fourth-order valence-electron chi connectivity index (χ4n) is 2.54. The summed E-state index contributed by atoms with van der Waals surface area (Å²) in [5.41, 5.74) is 7.41. The molecule has 2 aliphatic rings. The zero-order chi connectivity index (χ0) is 15.9. The Morgan fingerprint density at radius 3 is 2.59 bits per heavy atom. The number of nitrogens with two attached hydrogens (primary N) is 1. The van der Waals surface area contributed by atoms with Crippen LogP contribution in [-0.2, 0) is 4.79 Å². The number of benzene rings is 1. The van der Waals surface area contributed by atoms with Crippen molar-refractivity contribution in [3.05, 3.63) is 48.1 Å². The summed E-state index contributed by atoms with van der Waals surface area (Å²) in [6, 6.07) is 7.71. The van der Waals surface area contributed by atoms with Crippen molar-refractivity contribution in [3.63, 3.8) is 0 Å². The van der Waals surface area contributed by atoms with Gasteiger partial charge in [-0.05, 0) is 24.4 Å². The Bertz CT molecular complexity index is 753. The highest BCUT2D eigenvalue weighted by Gasteiger charge is 2.33. The quantitative estimate of drug-likeness (QED) is 0.639. The first kappa shape index (κ1) is 14.6. The van der Waals surface area contributed by atoms with E-state index >= 15 is 0 Å². The zero-order valence-electron chi connectivity index (χ0n) is 12.5. The molecule has 0 saturated heterocycles. The number of nitrogens with zero attached hydrogens (tertiary/aromatic N) is 2. The highest BCUT2D eigenvalue weighted by molar-refractivity contribution is 6.83. The first-order valence-electron chi connectivity index (χ1n) is 7.10. The van der Waals surface area contributed by atoms with E-state index in [1.807, 2.05) is 55.7 Å². The van der Waals surface area contributed by atoms with Crippen molar-refractivity contribution in [2.24, 2.45) is 16.8 Å². The molecule has 1 aromatic carbocycles. The first-order chi connectivity index (χ1) is 10.4. The van der Waals surface area contributed by atoms with E-state index in [1.165, 1.54) is 0 Å².